The third kappa shape index (κ3) is 1.81. The average molecular weight is 196 g/mol. The lowest BCUT2D eigenvalue weighted by Crippen LogP contribution is -2.57. The van der Waals surface area contributed by atoms with Crippen LogP contribution in [0.1, 0.15) is 0 Å². The molecule has 14 heavy (non-hydrogen) atoms. The van der Waals surface area contributed by atoms with E-state index in [9.17, 15) is 4.79 Å². The van der Waals surface area contributed by atoms with Gasteiger partial charge in [-0.2, -0.15) is 0 Å². The predicted octanol–water partition coefficient (Wildman–Crippen LogP) is -0.285. The first-order valence-corrected chi connectivity index (χ1v) is 5.04. The smallest absolute Gasteiger partial charge is 0.246 e. The molecule has 1 amide bonds. The maximum Gasteiger partial charge on any atom is 0.246 e. The molecule has 2 aliphatic heterocycles. The molecule has 0 spiro atoms. The minimum absolute atomic E-state index is 0.0505. The van der Waals surface area contributed by atoms with E-state index in [-0.39, 0.29) is 5.91 Å². The Balaban J connectivity index is 1.79. The number of nitrogens with zero attached hydrogens (tertiary/aromatic N) is 2. The first-order chi connectivity index (χ1) is 6.81. The molecule has 2 fully saturated rings. The maximum absolute atomic E-state index is 11.3. The number of carbonyl (C=O) groups excluding carboxylic acids is 1. The van der Waals surface area contributed by atoms with Gasteiger partial charge in [0, 0.05) is 26.2 Å². The van der Waals surface area contributed by atoms with Gasteiger partial charge in [-0.1, -0.05) is 6.58 Å². The number of amides is 1. The molecule has 78 valence electrons. The van der Waals surface area contributed by atoms with Gasteiger partial charge in [-0.3, -0.25) is 9.69 Å². The number of rotatable bonds is 2. The lowest BCUT2D eigenvalue weighted by atomic mass is 10.2. The summed E-state index contributed by atoms with van der Waals surface area (Å²) in [5.74, 6) is 0.0505. The van der Waals surface area contributed by atoms with E-state index in [0.717, 1.165) is 39.4 Å². The number of carbonyl (C=O) groups is 1. The molecule has 0 saturated carbocycles. The topological polar surface area (TPSA) is 32.8 Å². The highest BCUT2D eigenvalue weighted by Crippen LogP contribution is 2.13. The van der Waals surface area contributed by atoms with E-state index >= 15 is 0 Å². The van der Waals surface area contributed by atoms with Crippen molar-refractivity contribution >= 4 is 5.91 Å². The van der Waals surface area contributed by atoms with Crippen LogP contribution in [-0.2, 0) is 9.53 Å². The summed E-state index contributed by atoms with van der Waals surface area (Å²) >= 11 is 0. The van der Waals surface area contributed by atoms with Crippen molar-refractivity contribution < 1.29 is 9.53 Å². The van der Waals surface area contributed by atoms with Crippen molar-refractivity contribution in [3.63, 3.8) is 0 Å². The summed E-state index contributed by atoms with van der Waals surface area (Å²) in [6.07, 6.45) is 1.39. The second-order valence-electron chi connectivity index (χ2n) is 3.76. The molecule has 0 aromatic heterocycles. The van der Waals surface area contributed by atoms with Crippen LogP contribution in [0.15, 0.2) is 12.7 Å². The highest BCUT2D eigenvalue weighted by Gasteiger charge is 2.29. The Labute approximate surface area is 84.1 Å². The van der Waals surface area contributed by atoms with Gasteiger partial charge < -0.3 is 9.64 Å². The van der Waals surface area contributed by atoms with Crippen molar-refractivity contribution in [2.45, 2.75) is 6.04 Å². The van der Waals surface area contributed by atoms with Gasteiger partial charge in [-0.25, -0.2) is 0 Å². The molecule has 0 radical (unpaired) electrons. The van der Waals surface area contributed by atoms with Gasteiger partial charge in [0.05, 0.1) is 19.3 Å². The summed E-state index contributed by atoms with van der Waals surface area (Å²) in [7, 11) is 0. The number of hydrogen-bond donors (Lipinski definition) is 0. The van der Waals surface area contributed by atoms with Crippen LogP contribution in [0.4, 0.5) is 0 Å². The van der Waals surface area contributed by atoms with Gasteiger partial charge in [0.25, 0.3) is 0 Å². The van der Waals surface area contributed by atoms with E-state index in [1.165, 1.54) is 6.08 Å². The van der Waals surface area contributed by atoms with Crippen LogP contribution in [-0.4, -0.2) is 61.1 Å². The Morgan fingerprint density at radius 1 is 1.29 bits per heavy atom. The molecule has 0 aliphatic carbocycles. The molecule has 0 bridgehead atoms. The maximum atomic E-state index is 11.3. The molecule has 0 aromatic carbocycles. The first kappa shape index (κ1) is 9.68. The minimum atomic E-state index is 0.0505. The van der Waals surface area contributed by atoms with Crippen molar-refractivity contribution in [3.05, 3.63) is 12.7 Å². The Morgan fingerprint density at radius 3 is 2.36 bits per heavy atom. The third-order valence-electron chi connectivity index (χ3n) is 2.94. The monoisotopic (exact) mass is 196 g/mol. The van der Waals surface area contributed by atoms with Gasteiger partial charge in [0.1, 0.15) is 0 Å². The van der Waals surface area contributed by atoms with Crippen molar-refractivity contribution in [2.75, 3.05) is 39.4 Å². The Morgan fingerprint density at radius 2 is 1.93 bits per heavy atom. The molecule has 0 atom stereocenters. The highest BCUT2D eigenvalue weighted by molar-refractivity contribution is 5.87. The van der Waals surface area contributed by atoms with Crippen molar-refractivity contribution in [1.29, 1.82) is 0 Å². The summed E-state index contributed by atoms with van der Waals surface area (Å²) in [6.45, 7) is 8.78. The van der Waals surface area contributed by atoms with Gasteiger partial charge in [-0.05, 0) is 6.08 Å². The predicted molar refractivity (Wildman–Crippen MR) is 53.0 cm³/mol. The normalized spacial score (nSPS) is 24.4. The number of ether oxygens (including phenoxy) is 1. The molecule has 0 aromatic rings. The quantitative estimate of drug-likeness (QED) is 0.569. The zero-order valence-electron chi connectivity index (χ0n) is 8.32. The van der Waals surface area contributed by atoms with Crippen LogP contribution in [0, 0.1) is 0 Å². The van der Waals surface area contributed by atoms with Gasteiger partial charge in [-0.15, -0.1) is 0 Å². The third-order valence-corrected chi connectivity index (χ3v) is 2.94. The SMILES string of the molecule is C=CC(=O)N1CCN(C2COC2)CC1. The summed E-state index contributed by atoms with van der Waals surface area (Å²) < 4.78 is 5.15. The summed E-state index contributed by atoms with van der Waals surface area (Å²) in [6, 6.07) is 0.594. The van der Waals surface area contributed by atoms with Gasteiger partial charge in [0.15, 0.2) is 0 Å². The lowest BCUT2D eigenvalue weighted by molar-refractivity contribution is -0.130. The molecular weight excluding hydrogens is 180 g/mol. The van der Waals surface area contributed by atoms with Crippen LogP contribution >= 0.6 is 0 Å². The zero-order chi connectivity index (χ0) is 9.97. The molecule has 2 aliphatic rings. The van der Waals surface area contributed by atoms with Crippen LogP contribution in [0.25, 0.3) is 0 Å². The molecule has 4 heteroatoms. The highest BCUT2D eigenvalue weighted by atomic mass is 16.5. The van der Waals surface area contributed by atoms with Gasteiger partial charge >= 0.3 is 0 Å². The van der Waals surface area contributed by atoms with Crippen molar-refractivity contribution in [1.82, 2.24) is 9.80 Å². The second kappa shape index (κ2) is 4.11. The van der Waals surface area contributed by atoms with Crippen LogP contribution in [0.2, 0.25) is 0 Å². The van der Waals surface area contributed by atoms with E-state index in [2.05, 4.69) is 11.5 Å². The molecule has 0 N–H and O–H groups in total. The number of piperazine rings is 1. The van der Waals surface area contributed by atoms with Crippen LogP contribution < -0.4 is 0 Å². The first-order valence-electron chi connectivity index (χ1n) is 5.04. The molecule has 2 saturated heterocycles. The van der Waals surface area contributed by atoms with E-state index in [1.807, 2.05) is 4.90 Å². The fraction of sp³-hybridized carbons (Fsp3) is 0.700. The molecular formula is C10H16N2O2. The Bertz CT molecular complexity index is 230. The van der Waals surface area contributed by atoms with E-state index in [0.29, 0.717) is 6.04 Å². The fourth-order valence-electron chi connectivity index (χ4n) is 1.87. The average Bonchev–Trinajstić information content (AvgIpc) is 2.15. The fourth-order valence-corrected chi connectivity index (χ4v) is 1.87. The van der Waals surface area contributed by atoms with E-state index in [4.69, 9.17) is 4.74 Å². The van der Waals surface area contributed by atoms with Crippen LogP contribution in [0.3, 0.4) is 0 Å². The minimum Gasteiger partial charge on any atom is -0.378 e. The standard InChI is InChI=1S/C10H16N2O2/c1-2-10(13)12-5-3-11(4-6-12)9-7-14-8-9/h2,9H,1,3-8H2. The van der Waals surface area contributed by atoms with E-state index in [1.54, 1.807) is 0 Å². The summed E-state index contributed by atoms with van der Waals surface area (Å²) in [5, 5.41) is 0. The van der Waals surface area contributed by atoms with E-state index < -0.39 is 0 Å². The molecule has 0 unspecified atom stereocenters. The molecule has 2 heterocycles. The van der Waals surface area contributed by atoms with Gasteiger partial charge in [0.2, 0.25) is 5.91 Å². The zero-order valence-corrected chi connectivity index (χ0v) is 8.32. The van der Waals surface area contributed by atoms with Crippen molar-refractivity contribution in [3.8, 4) is 0 Å². The van der Waals surface area contributed by atoms with Crippen molar-refractivity contribution in [2.24, 2.45) is 0 Å². The number of hydrogen-bond acceptors (Lipinski definition) is 3. The lowest BCUT2D eigenvalue weighted by Gasteiger charge is -2.42. The summed E-state index contributed by atoms with van der Waals surface area (Å²) in [4.78, 5) is 15.5. The van der Waals surface area contributed by atoms with Crippen LogP contribution in [0.5, 0.6) is 0 Å². The Kier molecular flexibility index (Phi) is 2.84. The largest absolute Gasteiger partial charge is 0.378 e. The second-order valence-corrected chi connectivity index (χ2v) is 3.76. The summed E-state index contributed by atoms with van der Waals surface area (Å²) in [5.41, 5.74) is 0. The molecule has 4 nitrogen and oxygen atoms in total. The Hall–Kier alpha value is -0.870. The molecule has 2 rings (SSSR count).